The molecule has 29 heavy (non-hydrogen) atoms. The van der Waals surface area contributed by atoms with Gasteiger partial charge in [-0.15, -0.1) is 0 Å². The molecule has 9 nitrogen and oxygen atoms in total. The zero-order chi connectivity index (χ0) is 21.1. The van der Waals surface area contributed by atoms with Crippen LogP contribution in [0, 0.1) is 10.1 Å². The van der Waals surface area contributed by atoms with Crippen LogP contribution in [0.25, 0.3) is 0 Å². The summed E-state index contributed by atoms with van der Waals surface area (Å²) in [7, 11) is 0. The molecule has 2 aromatic rings. The van der Waals surface area contributed by atoms with Crippen molar-refractivity contribution in [2.45, 2.75) is 26.3 Å². The van der Waals surface area contributed by atoms with Crippen molar-refractivity contribution >= 4 is 29.1 Å². The number of hydrogen-bond donors (Lipinski definition) is 1. The van der Waals surface area contributed by atoms with E-state index in [4.69, 9.17) is 4.74 Å². The van der Waals surface area contributed by atoms with Crippen LogP contribution in [-0.2, 0) is 4.79 Å². The summed E-state index contributed by atoms with van der Waals surface area (Å²) in [6.45, 7) is 3.70. The van der Waals surface area contributed by atoms with E-state index in [0.717, 1.165) is 11.3 Å². The molecule has 9 heteroatoms. The van der Waals surface area contributed by atoms with Crippen LogP contribution in [-0.4, -0.2) is 40.2 Å². The number of anilines is 1. The first-order chi connectivity index (χ1) is 13.8. The number of carbonyl (C=O) groups is 3. The smallest absolute Gasteiger partial charge is 0.296 e. The lowest BCUT2D eigenvalue weighted by atomic mass is 10.1. The van der Waals surface area contributed by atoms with Crippen molar-refractivity contribution in [2.24, 2.45) is 0 Å². The van der Waals surface area contributed by atoms with Gasteiger partial charge in [0.25, 0.3) is 17.5 Å². The summed E-state index contributed by atoms with van der Waals surface area (Å²) in [6, 6.07) is 9.21. The van der Waals surface area contributed by atoms with Crippen LogP contribution in [0.4, 0.5) is 11.4 Å². The summed E-state index contributed by atoms with van der Waals surface area (Å²) >= 11 is 0. The third-order valence-corrected chi connectivity index (χ3v) is 4.49. The summed E-state index contributed by atoms with van der Waals surface area (Å²) in [6.07, 6.45) is 0.740. The molecule has 3 rings (SSSR count). The third-order valence-electron chi connectivity index (χ3n) is 4.49. The molecule has 0 aromatic heterocycles. The molecule has 0 saturated carbocycles. The van der Waals surface area contributed by atoms with Gasteiger partial charge in [-0.3, -0.25) is 29.4 Å². The average molecular weight is 397 g/mol. The number of imide groups is 1. The molecule has 0 radical (unpaired) electrons. The Kier molecular flexibility index (Phi) is 5.58. The van der Waals surface area contributed by atoms with Crippen LogP contribution >= 0.6 is 0 Å². The average Bonchev–Trinajstić information content (AvgIpc) is 2.97. The summed E-state index contributed by atoms with van der Waals surface area (Å²) < 4.78 is 5.38. The van der Waals surface area contributed by atoms with Crippen molar-refractivity contribution in [3.8, 4) is 5.75 Å². The maximum Gasteiger partial charge on any atom is 0.296 e. The van der Waals surface area contributed by atoms with E-state index >= 15 is 0 Å². The number of benzene rings is 2. The number of carbonyl (C=O) groups excluding carboxylic acids is 3. The topological polar surface area (TPSA) is 119 Å². The standard InChI is InChI=1S/C20H19N3O6/c1-3-10-29-13-8-9-16(17(11-13)23(27)28)21-18(24)12(2)22-19(25)14-6-4-5-7-15(14)20(22)26/h4-9,11-12H,3,10H2,1-2H3,(H,21,24). The van der Waals surface area contributed by atoms with Crippen LogP contribution in [0.1, 0.15) is 41.0 Å². The highest BCUT2D eigenvalue weighted by molar-refractivity contribution is 6.23. The molecule has 1 N–H and O–H groups in total. The van der Waals surface area contributed by atoms with Crippen LogP contribution in [0.3, 0.4) is 0 Å². The lowest BCUT2D eigenvalue weighted by molar-refractivity contribution is -0.384. The van der Waals surface area contributed by atoms with Crippen LogP contribution < -0.4 is 10.1 Å². The zero-order valence-electron chi connectivity index (χ0n) is 15.9. The first kappa shape index (κ1) is 20.0. The maximum absolute atomic E-state index is 12.7. The van der Waals surface area contributed by atoms with Crippen LogP contribution in [0.2, 0.25) is 0 Å². The normalized spacial score (nSPS) is 13.8. The number of nitrogens with one attached hydrogen (secondary N) is 1. The Morgan fingerprint density at radius 2 is 1.79 bits per heavy atom. The second-order valence-corrected chi connectivity index (χ2v) is 6.48. The van der Waals surface area contributed by atoms with Gasteiger partial charge in [0.15, 0.2) is 0 Å². The molecule has 0 fully saturated rings. The van der Waals surface area contributed by atoms with Gasteiger partial charge in [-0.25, -0.2) is 0 Å². The Balaban J connectivity index is 1.81. The van der Waals surface area contributed by atoms with E-state index in [9.17, 15) is 24.5 Å². The molecule has 0 aliphatic carbocycles. The van der Waals surface area contributed by atoms with Crippen molar-refractivity contribution in [3.05, 3.63) is 63.7 Å². The summed E-state index contributed by atoms with van der Waals surface area (Å²) in [5, 5.41) is 13.8. The van der Waals surface area contributed by atoms with Gasteiger partial charge >= 0.3 is 0 Å². The molecular formula is C20H19N3O6. The van der Waals surface area contributed by atoms with E-state index in [1.54, 1.807) is 12.1 Å². The van der Waals surface area contributed by atoms with Crippen molar-refractivity contribution in [2.75, 3.05) is 11.9 Å². The molecule has 0 saturated heterocycles. The highest BCUT2D eigenvalue weighted by Gasteiger charge is 2.40. The van der Waals surface area contributed by atoms with E-state index in [0.29, 0.717) is 12.4 Å². The molecular weight excluding hydrogens is 378 g/mol. The van der Waals surface area contributed by atoms with E-state index < -0.39 is 28.7 Å². The Hall–Kier alpha value is -3.75. The molecule has 150 valence electrons. The summed E-state index contributed by atoms with van der Waals surface area (Å²) in [5.74, 6) is -1.56. The van der Waals surface area contributed by atoms with Gasteiger partial charge in [-0.05, 0) is 37.6 Å². The minimum Gasteiger partial charge on any atom is -0.493 e. The minimum atomic E-state index is -1.15. The first-order valence-electron chi connectivity index (χ1n) is 9.04. The molecule has 0 bridgehead atoms. The monoisotopic (exact) mass is 397 g/mol. The number of amides is 3. The molecule has 1 aliphatic rings. The number of nitro benzene ring substituents is 1. The fraction of sp³-hybridized carbons (Fsp3) is 0.250. The SMILES string of the molecule is CCCOc1ccc(NC(=O)C(C)N2C(=O)c3ccccc3C2=O)c([N+](=O)[O-])c1. The van der Waals surface area contributed by atoms with Crippen molar-refractivity contribution in [1.29, 1.82) is 0 Å². The highest BCUT2D eigenvalue weighted by Crippen LogP contribution is 2.30. The fourth-order valence-corrected chi connectivity index (χ4v) is 2.99. The Morgan fingerprint density at radius 1 is 1.17 bits per heavy atom. The lowest BCUT2D eigenvalue weighted by Crippen LogP contribution is -2.45. The van der Waals surface area contributed by atoms with E-state index in [1.807, 2.05) is 6.92 Å². The third kappa shape index (κ3) is 3.79. The predicted molar refractivity (Wildman–Crippen MR) is 104 cm³/mol. The van der Waals surface area contributed by atoms with Gasteiger partial charge in [0, 0.05) is 0 Å². The van der Waals surface area contributed by atoms with Gasteiger partial charge in [-0.2, -0.15) is 0 Å². The number of ether oxygens (including phenoxy) is 1. The van der Waals surface area contributed by atoms with E-state index in [1.165, 1.54) is 37.3 Å². The van der Waals surface area contributed by atoms with Crippen molar-refractivity contribution in [3.63, 3.8) is 0 Å². The number of nitrogens with zero attached hydrogens (tertiary/aromatic N) is 2. The van der Waals surface area contributed by atoms with Gasteiger partial charge in [-0.1, -0.05) is 19.1 Å². The number of rotatable bonds is 7. The zero-order valence-corrected chi connectivity index (χ0v) is 15.9. The number of nitro groups is 1. The van der Waals surface area contributed by atoms with E-state index in [2.05, 4.69) is 5.32 Å². The van der Waals surface area contributed by atoms with Gasteiger partial charge in [0.1, 0.15) is 17.5 Å². The molecule has 1 atom stereocenters. The summed E-state index contributed by atoms with van der Waals surface area (Å²) in [5.41, 5.74) is 0.0509. The highest BCUT2D eigenvalue weighted by atomic mass is 16.6. The fourth-order valence-electron chi connectivity index (χ4n) is 2.99. The quantitative estimate of drug-likeness (QED) is 0.436. The molecule has 3 amide bonds. The second kappa shape index (κ2) is 8.09. The first-order valence-corrected chi connectivity index (χ1v) is 9.04. The lowest BCUT2D eigenvalue weighted by Gasteiger charge is -2.21. The van der Waals surface area contributed by atoms with Gasteiger partial charge in [0.05, 0.1) is 28.7 Å². The largest absolute Gasteiger partial charge is 0.493 e. The predicted octanol–water partition coefficient (Wildman–Crippen LogP) is 3.01. The van der Waals surface area contributed by atoms with E-state index in [-0.39, 0.29) is 22.5 Å². The molecule has 0 spiro atoms. The Morgan fingerprint density at radius 3 is 2.34 bits per heavy atom. The molecule has 2 aromatic carbocycles. The van der Waals surface area contributed by atoms with Crippen LogP contribution in [0.5, 0.6) is 5.75 Å². The minimum absolute atomic E-state index is 0.0488. The Labute approximate surface area is 166 Å². The van der Waals surface area contributed by atoms with Crippen molar-refractivity contribution < 1.29 is 24.0 Å². The maximum atomic E-state index is 12.7. The molecule has 1 aliphatic heterocycles. The molecule has 1 unspecified atom stereocenters. The number of hydrogen-bond acceptors (Lipinski definition) is 6. The van der Waals surface area contributed by atoms with Crippen molar-refractivity contribution in [1.82, 2.24) is 4.90 Å². The summed E-state index contributed by atoms with van der Waals surface area (Å²) in [4.78, 5) is 49.3. The van der Waals surface area contributed by atoms with Gasteiger partial charge < -0.3 is 10.1 Å². The van der Waals surface area contributed by atoms with Gasteiger partial charge in [0.2, 0.25) is 5.91 Å². The van der Waals surface area contributed by atoms with Crippen LogP contribution in [0.15, 0.2) is 42.5 Å². The second-order valence-electron chi connectivity index (χ2n) is 6.48. The number of fused-ring (bicyclic) bond motifs is 1. The molecule has 1 heterocycles. The Bertz CT molecular complexity index is 968.